The van der Waals surface area contributed by atoms with Crippen molar-refractivity contribution in [3.05, 3.63) is 71.2 Å². The van der Waals surface area contributed by atoms with E-state index in [-0.39, 0.29) is 29.1 Å². The fourth-order valence-corrected chi connectivity index (χ4v) is 8.89. The van der Waals surface area contributed by atoms with Gasteiger partial charge in [-0.25, -0.2) is 4.79 Å². The minimum absolute atomic E-state index is 0.0581. The first-order valence-corrected chi connectivity index (χ1v) is 21.0. The Morgan fingerprint density at radius 2 is 1.98 bits per heavy atom. The molecule has 1 aliphatic heterocycles. The van der Waals surface area contributed by atoms with Crippen molar-refractivity contribution < 1.29 is 48.7 Å². The van der Waals surface area contributed by atoms with E-state index in [1.807, 2.05) is 6.26 Å². The van der Waals surface area contributed by atoms with E-state index < -0.39 is 74.6 Å². The molecule has 1 fully saturated rings. The zero-order valence-corrected chi connectivity index (χ0v) is 32.9. The Morgan fingerprint density at radius 1 is 1.22 bits per heavy atom. The SMILES string of the molecule is COC(=O)NC1=C2C#C/C=C\C#C[C@H](OC3OC(C)C(SC)(C(=O)c4nccc5c4[nH]c4ccc(O)cc45)C(O)C3OC)C2/C(=C\CS(C)=S)[C@@H](O)CC1=O. The molecule has 288 valence electrons. The van der Waals surface area contributed by atoms with E-state index in [4.69, 9.17) is 30.1 Å². The van der Waals surface area contributed by atoms with Gasteiger partial charge in [-0.15, -0.1) is 21.2 Å². The lowest BCUT2D eigenvalue weighted by Gasteiger charge is -2.49. The zero-order chi connectivity index (χ0) is 39.6. The number of H-pyrrole nitrogens is 1. The van der Waals surface area contributed by atoms with Gasteiger partial charge in [0.25, 0.3) is 0 Å². The van der Waals surface area contributed by atoms with Crippen LogP contribution in [0.3, 0.4) is 0 Å². The molecule has 3 aliphatic rings. The van der Waals surface area contributed by atoms with Crippen LogP contribution < -0.4 is 5.32 Å². The molecule has 3 aromatic rings. The first-order valence-electron chi connectivity index (χ1n) is 17.0. The van der Waals surface area contributed by atoms with Crippen LogP contribution in [0.15, 0.2) is 65.5 Å². The van der Waals surface area contributed by atoms with Crippen LogP contribution in [0, 0.1) is 29.6 Å². The number of alkyl carbamates (subject to hydrolysis) is 1. The van der Waals surface area contributed by atoms with Crippen LogP contribution in [0.5, 0.6) is 5.75 Å². The summed E-state index contributed by atoms with van der Waals surface area (Å²) in [7, 11) is 1.98. The van der Waals surface area contributed by atoms with Gasteiger partial charge >= 0.3 is 6.09 Å². The summed E-state index contributed by atoms with van der Waals surface area (Å²) in [4.78, 5) is 48.5. The molecule has 1 aromatic carbocycles. The van der Waals surface area contributed by atoms with Gasteiger partial charge in [-0.2, -0.15) is 0 Å². The number of amides is 1. The monoisotopic (exact) mass is 805 g/mol. The van der Waals surface area contributed by atoms with Crippen LogP contribution in [-0.2, 0) is 44.4 Å². The average molecular weight is 806 g/mol. The minimum atomic E-state index is -1.65. The molecule has 1 amide bonds. The van der Waals surface area contributed by atoms with Crippen molar-refractivity contribution >= 4 is 71.9 Å². The molecule has 13 nitrogen and oxygen atoms in total. The second-order valence-corrected chi connectivity index (χ2v) is 17.2. The van der Waals surface area contributed by atoms with Crippen LogP contribution in [-0.4, -0.2) is 117 Å². The molecular formula is C39H39N3O10S3. The second kappa shape index (κ2) is 16.8. The van der Waals surface area contributed by atoms with Gasteiger partial charge in [0, 0.05) is 47.3 Å². The molecule has 6 rings (SSSR count). The van der Waals surface area contributed by atoms with Crippen LogP contribution in [0.1, 0.15) is 23.8 Å². The number of aliphatic hydroxyl groups is 2. The third-order valence-electron chi connectivity index (χ3n) is 9.86. The quantitative estimate of drug-likeness (QED) is 0.121. The molecule has 0 radical (unpaired) electrons. The molecule has 0 bridgehead atoms. The molecule has 1 saturated heterocycles. The van der Waals surface area contributed by atoms with Gasteiger partial charge in [-0.3, -0.25) is 19.9 Å². The predicted molar refractivity (Wildman–Crippen MR) is 212 cm³/mol. The number of allylic oxidation sites excluding steroid dienone is 3. The molecule has 16 heteroatoms. The Kier molecular flexibility index (Phi) is 12.3. The van der Waals surface area contributed by atoms with Crippen molar-refractivity contribution in [2.75, 3.05) is 32.5 Å². The van der Waals surface area contributed by atoms with Crippen molar-refractivity contribution in [2.24, 2.45) is 5.92 Å². The molecule has 0 saturated carbocycles. The maximum absolute atomic E-state index is 14.8. The lowest BCUT2D eigenvalue weighted by Crippen LogP contribution is -2.68. The summed E-state index contributed by atoms with van der Waals surface area (Å²) in [6.07, 6.45) is 0.712. The number of nitrogens with one attached hydrogen (secondary N) is 2. The number of ether oxygens (including phenoxy) is 4. The minimum Gasteiger partial charge on any atom is -0.508 e. The highest BCUT2D eigenvalue weighted by atomic mass is 32.8. The highest BCUT2D eigenvalue weighted by Crippen LogP contribution is 2.45. The topological polar surface area (TPSA) is 190 Å². The van der Waals surface area contributed by atoms with Crippen LogP contribution in [0.25, 0.3) is 21.8 Å². The second-order valence-electron chi connectivity index (χ2n) is 13.0. The van der Waals surface area contributed by atoms with Gasteiger partial charge in [-0.05, 0) is 61.4 Å². The number of fused-ring (bicyclic) bond motifs is 4. The summed E-state index contributed by atoms with van der Waals surface area (Å²) < 4.78 is 22.1. The Labute approximate surface area is 328 Å². The number of rotatable bonds is 9. The summed E-state index contributed by atoms with van der Waals surface area (Å²) >= 11 is 6.54. The average Bonchev–Trinajstić information content (AvgIpc) is 3.53. The third kappa shape index (κ3) is 7.61. The van der Waals surface area contributed by atoms with Crippen molar-refractivity contribution in [2.45, 2.75) is 54.9 Å². The molecule has 0 spiro atoms. The van der Waals surface area contributed by atoms with E-state index in [1.165, 1.54) is 31.5 Å². The highest BCUT2D eigenvalue weighted by Gasteiger charge is 2.60. The number of Topliss-reactive ketones (excluding diaryl/α,β-unsaturated/α-hetero) is 2. The molecule has 55 heavy (non-hydrogen) atoms. The number of hydrogen-bond donors (Lipinski definition) is 5. The summed E-state index contributed by atoms with van der Waals surface area (Å²) in [5, 5.41) is 37.7. The van der Waals surface area contributed by atoms with E-state index in [9.17, 15) is 29.7 Å². The summed E-state index contributed by atoms with van der Waals surface area (Å²) in [6, 6.07) is 6.56. The van der Waals surface area contributed by atoms with Crippen molar-refractivity contribution in [3.8, 4) is 29.4 Å². The number of aromatic hydroxyl groups is 1. The van der Waals surface area contributed by atoms with E-state index in [0.717, 1.165) is 18.9 Å². The van der Waals surface area contributed by atoms with Gasteiger partial charge in [0.05, 0.1) is 36.4 Å². The maximum Gasteiger partial charge on any atom is 0.411 e. The van der Waals surface area contributed by atoms with E-state index in [0.29, 0.717) is 33.1 Å². The van der Waals surface area contributed by atoms with E-state index in [1.54, 1.807) is 37.5 Å². The van der Waals surface area contributed by atoms with Gasteiger partial charge in [0.1, 0.15) is 34.5 Å². The number of phenolic OH excluding ortho intramolecular Hbond substituents is 1. The third-order valence-corrected chi connectivity index (χ3v) is 12.3. The number of carbonyl (C=O) groups is 3. The Hall–Kier alpha value is -4.36. The van der Waals surface area contributed by atoms with E-state index in [2.05, 4.69) is 39.0 Å². The van der Waals surface area contributed by atoms with Crippen LogP contribution in [0.2, 0.25) is 0 Å². The molecular weight excluding hydrogens is 767 g/mol. The van der Waals surface area contributed by atoms with Crippen molar-refractivity contribution in [1.82, 2.24) is 15.3 Å². The first-order chi connectivity index (χ1) is 26.4. The first kappa shape index (κ1) is 40.3. The number of nitrogens with zero attached hydrogens (tertiary/aromatic N) is 1. The number of aliphatic hydroxyl groups excluding tert-OH is 2. The number of carbonyl (C=O) groups excluding carboxylic acids is 3. The van der Waals surface area contributed by atoms with Crippen molar-refractivity contribution in [3.63, 3.8) is 0 Å². The van der Waals surface area contributed by atoms with E-state index >= 15 is 0 Å². The predicted octanol–water partition coefficient (Wildman–Crippen LogP) is 2.99. The van der Waals surface area contributed by atoms with Gasteiger partial charge in [-0.1, -0.05) is 40.9 Å². The molecule has 2 aromatic heterocycles. The Morgan fingerprint density at radius 3 is 2.69 bits per heavy atom. The summed E-state index contributed by atoms with van der Waals surface area (Å²) in [6.45, 7) is 1.64. The number of methoxy groups -OCH3 is 2. The Balaban J connectivity index is 1.43. The number of pyridine rings is 1. The number of benzene rings is 1. The maximum atomic E-state index is 14.8. The number of ketones is 2. The van der Waals surface area contributed by atoms with Gasteiger partial charge in [0.15, 0.2) is 12.1 Å². The fourth-order valence-electron chi connectivity index (χ4n) is 7.21. The standard InChI is InChI=1S/C39H39N3O10S3/c1-20-39(54-4,35(46)33-32-22(14-16-40-33)25-18-21(43)12-13-26(25)41-32)36(47)34(49-2)37(51-20)52-29-11-9-7-6-8-10-24-30(29)23(15-17-55(5)53)27(44)19-28(45)31(24)42-38(48)50-3/h6-7,12-16,18,20,27,29-30,34,36-37,41,43-44,47H,17,19H2,1-5H3,(H,42,48)/b7-6-,23-15-/t20?,27-,29-,30?,34?,36?,37?,39?,55?/m0/s1. The smallest absolute Gasteiger partial charge is 0.411 e. The number of aromatic amines is 1. The number of hydrogen-bond acceptors (Lipinski definition) is 13. The zero-order valence-electron chi connectivity index (χ0n) is 30.4. The lowest BCUT2D eigenvalue weighted by atomic mass is 9.82. The number of thioether (sulfide) groups is 1. The molecule has 9 atom stereocenters. The highest BCUT2D eigenvalue weighted by molar-refractivity contribution is 8.28. The fraction of sp³-hybridized carbons (Fsp3) is 0.385. The Bertz CT molecular complexity index is 2300. The van der Waals surface area contributed by atoms with Crippen molar-refractivity contribution in [1.29, 1.82) is 0 Å². The van der Waals surface area contributed by atoms with Crippen LogP contribution >= 0.6 is 11.8 Å². The summed E-state index contributed by atoms with van der Waals surface area (Å²) in [5.74, 6) is 10.0. The summed E-state index contributed by atoms with van der Waals surface area (Å²) in [5.41, 5.74) is 1.44. The molecule has 7 unspecified atom stereocenters. The molecule has 5 N–H and O–H groups in total. The largest absolute Gasteiger partial charge is 0.508 e. The van der Waals surface area contributed by atoms with Gasteiger partial charge < -0.3 is 39.3 Å². The van der Waals surface area contributed by atoms with Gasteiger partial charge in [0.2, 0.25) is 5.78 Å². The normalized spacial score (nSPS) is 29.8. The molecule has 2 aliphatic carbocycles. The number of phenols is 1. The lowest BCUT2D eigenvalue weighted by molar-refractivity contribution is -0.283. The van der Waals surface area contributed by atoms with Crippen LogP contribution in [0.4, 0.5) is 4.79 Å². The molecule has 3 heterocycles. The number of aromatic nitrogens is 2.